The van der Waals surface area contributed by atoms with Crippen molar-refractivity contribution in [2.45, 2.75) is 77.9 Å². The van der Waals surface area contributed by atoms with Gasteiger partial charge in [0.15, 0.2) is 0 Å². The zero-order valence-corrected chi connectivity index (χ0v) is 18.4. The van der Waals surface area contributed by atoms with Crippen LogP contribution in [-0.2, 0) is 14.3 Å². The highest BCUT2D eigenvalue weighted by Gasteiger charge is 2.42. The summed E-state index contributed by atoms with van der Waals surface area (Å²) >= 11 is 0. The van der Waals surface area contributed by atoms with Gasteiger partial charge in [-0.25, -0.2) is 4.79 Å². The molecular weight excluding hydrogens is 370 g/mol. The summed E-state index contributed by atoms with van der Waals surface area (Å²) in [6.07, 6.45) is 4.98. The lowest BCUT2D eigenvalue weighted by atomic mass is 9.78. The maximum atomic E-state index is 13.2. The van der Waals surface area contributed by atoms with Gasteiger partial charge in [0.2, 0.25) is 0 Å². The molecule has 2 rings (SSSR count). The van der Waals surface area contributed by atoms with Crippen molar-refractivity contribution in [3.8, 4) is 5.75 Å². The van der Waals surface area contributed by atoms with Crippen LogP contribution in [0.4, 0.5) is 5.69 Å². The fourth-order valence-corrected chi connectivity index (χ4v) is 3.49. The number of methoxy groups -OCH3 is 1. The van der Waals surface area contributed by atoms with Gasteiger partial charge in [0.05, 0.1) is 13.2 Å². The molecule has 0 aliphatic heterocycles. The molecule has 29 heavy (non-hydrogen) atoms. The number of rotatable bonds is 9. The predicted octanol–water partition coefficient (Wildman–Crippen LogP) is 4.96. The second-order valence-electron chi connectivity index (χ2n) is 8.02. The zero-order valence-electron chi connectivity index (χ0n) is 18.4. The van der Waals surface area contributed by atoms with Crippen molar-refractivity contribution in [2.75, 3.05) is 19.0 Å². The van der Waals surface area contributed by atoms with Gasteiger partial charge in [-0.15, -0.1) is 0 Å². The van der Waals surface area contributed by atoms with Crippen LogP contribution in [0.1, 0.15) is 76.6 Å². The second kappa shape index (κ2) is 10.6. The molecule has 1 aliphatic carbocycles. The summed E-state index contributed by atoms with van der Waals surface area (Å²) in [5.74, 6) is 0.406. The van der Waals surface area contributed by atoms with Gasteiger partial charge in [-0.2, -0.15) is 0 Å². The summed E-state index contributed by atoms with van der Waals surface area (Å²) in [7, 11) is 1.33. The predicted molar refractivity (Wildman–Crippen MR) is 113 cm³/mol. The Bertz CT molecular complexity index is 689. The smallest absolute Gasteiger partial charge is 0.341 e. The van der Waals surface area contributed by atoms with E-state index in [0.717, 1.165) is 25.7 Å². The van der Waals surface area contributed by atoms with Crippen molar-refractivity contribution in [1.29, 1.82) is 0 Å². The summed E-state index contributed by atoms with van der Waals surface area (Å²) in [5, 5.41) is 2.96. The van der Waals surface area contributed by atoms with Gasteiger partial charge >= 0.3 is 5.97 Å². The fraction of sp³-hybridized carbons (Fsp3) is 0.652. The number of anilines is 1. The topological polar surface area (TPSA) is 73.9 Å². The van der Waals surface area contributed by atoms with Crippen LogP contribution >= 0.6 is 0 Å². The first kappa shape index (κ1) is 23.2. The lowest BCUT2D eigenvalue weighted by Crippen LogP contribution is -2.48. The Labute approximate surface area is 174 Å². The first-order chi connectivity index (χ1) is 13.8. The molecule has 6 heteroatoms. The van der Waals surface area contributed by atoms with E-state index in [0.29, 0.717) is 42.4 Å². The molecule has 0 radical (unpaired) electrons. The summed E-state index contributed by atoms with van der Waals surface area (Å²) in [6.45, 7) is 8.75. The van der Waals surface area contributed by atoms with Crippen LogP contribution in [0.25, 0.3) is 0 Å². The number of hydrogen-bond donors (Lipinski definition) is 1. The molecule has 162 valence electrons. The van der Waals surface area contributed by atoms with Crippen LogP contribution in [0.3, 0.4) is 0 Å². The molecule has 1 N–H and O–H groups in total. The molecule has 1 aromatic rings. The molecular formula is C23H35NO5. The molecule has 1 fully saturated rings. The lowest BCUT2D eigenvalue weighted by molar-refractivity contribution is -0.147. The van der Waals surface area contributed by atoms with E-state index in [2.05, 4.69) is 12.2 Å². The first-order valence-electron chi connectivity index (χ1n) is 10.7. The quantitative estimate of drug-likeness (QED) is 0.588. The number of carbonyl (C=O) groups is 2. The molecule has 1 atom stereocenters. The highest BCUT2D eigenvalue weighted by molar-refractivity contribution is 5.99. The minimum atomic E-state index is -0.806. The van der Waals surface area contributed by atoms with E-state index in [-0.39, 0.29) is 12.0 Å². The molecule has 0 aromatic heterocycles. The van der Waals surface area contributed by atoms with Crippen molar-refractivity contribution in [3.63, 3.8) is 0 Å². The number of hydrogen-bond acceptors (Lipinski definition) is 5. The van der Waals surface area contributed by atoms with Gasteiger partial charge in [0, 0.05) is 12.3 Å². The highest BCUT2D eigenvalue weighted by Crippen LogP contribution is 2.36. The summed E-state index contributed by atoms with van der Waals surface area (Å²) in [5.41, 5.74) is 0.0243. The summed E-state index contributed by atoms with van der Waals surface area (Å²) < 4.78 is 16.8. The maximum Gasteiger partial charge on any atom is 0.341 e. The van der Waals surface area contributed by atoms with Crippen molar-refractivity contribution < 1.29 is 23.8 Å². The lowest BCUT2D eigenvalue weighted by Gasteiger charge is -2.38. The number of benzene rings is 1. The van der Waals surface area contributed by atoms with E-state index in [4.69, 9.17) is 14.2 Å². The van der Waals surface area contributed by atoms with E-state index in [1.54, 1.807) is 18.2 Å². The van der Waals surface area contributed by atoms with Crippen LogP contribution in [0, 0.1) is 5.92 Å². The number of esters is 1. The Morgan fingerprint density at radius 2 is 1.93 bits per heavy atom. The minimum absolute atomic E-state index is 0.0335. The zero-order chi connectivity index (χ0) is 21.4. The molecule has 1 saturated carbocycles. The third-order valence-electron chi connectivity index (χ3n) is 5.62. The average molecular weight is 406 g/mol. The number of ether oxygens (including phenoxy) is 3. The number of carbonyl (C=O) groups excluding carboxylic acids is 2. The second-order valence-corrected chi connectivity index (χ2v) is 8.02. The maximum absolute atomic E-state index is 13.2. The van der Waals surface area contributed by atoms with Crippen LogP contribution in [-0.4, -0.2) is 37.3 Å². The summed E-state index contributed by atoms with van der Waals surface area (Å²) in [4.78, 5) is 25.4. The molecule has 1 aliphatic rings. The SMILES string of the molecule is CCCOC1(C(=O)Nc2ccc(O[C@H](C)CC)c(C(=O)OC)c2)CCC(C)CC1. The molecule has 1 aromatic carbocycles. The van der Waals surface area contributed by atoms with Crippen LogP contribution in [0.15, 0.2) is 18.2 Å². The molecule has 0 bridgehead atoms. The Balaban J connectivity index is 2.24. The highest BCUT2D eigenvalue weighted by atomic mass is 16.5. The van der Waals surface area contributed by atoms with Gasteiger partial charge < -0.3 is 19.5 Å². The Morgan fingerprint density at radius 1 is 1.24 bits per heavy atom. The van der Waals surface area contributed by atoms with Gasteiger partial charge in [-0.1, -0.05) is 20.8 Å². The average Bonchev–Trinajstić information content (AvgIpc) is 2.73. The van der Waals surface area contributed by atoms with E-state index in [1.165, 1.54) is 7.11 Å². The fourth-order valence-electron chi connectivity index (χ4n) is 3.49. The Hall–Kier alpha value is -2.08. The van der Waals surface area contributed by atoms with Gasteiger partial charge in [-0.05, 0) is 69.6 Å². The summed E-state index contributed by atoms with van der Waals surface area (Å²) in [6, 6.07) is 5.07. The van der Waals surface area contributed by atoms with Crippen molar-refractivity contribution in [2.24, 2.45) is 5.92 Å². The van der Waals surface area contributed by atoms with Crippen molar-refractivity contribution in [3.05, 3.63) is 23.8 Å². The van der Waals surface area contributed by atoms with Crippen LogP contribution in [0.2, 0.25) is 0 Å². The van der Waals surface area contributed by atoms with E-state index < -0.39 is 11.6 Å². The number of nitrogens with one attached hydrogen (secondary N) is 1. The van der Waals surface area contributed by atoms with Crippen LogP contribution in [0.5, 0.6) is 5.75 Å². The van der Waals surface area contributed by atoms with E-state index in [1.807, 2.05) is 20.8 Å². The third kappa shape index (κ3) is 5.95. The number of amides is 1. The first-order valence-corrected chi connectivity index (χ1v) is 10.7. The van der Waals surface area contributed by atoms with Gasteiger partial charge in [0.1, 0.15) is 16.9 Å². The largest absolute Gasteiger partial charge is 0.490 e. The standard InChI is InChI=1S/C23H35NO5/c1-6-14-28-23(12-10-16(3)11-13-23)22(26)24-18-8-9-20(29-17(4)7-2)19(15-18)21(25)27-5/h8-9,15-17H,6-7,10-14H2,1-5H3,(H,24,26)/t16?,17-,23?/m1/s1. The normalized spacial score (nSPS) is 22.6. The third-order valence-corrected chi connectivity index (χ3v) is 5.62. The van der Waals surface area contributed by atoms with E-state index in [9.17, 15) is 9.59 Å². The van der Waals surface area contributed by atoms with Gasteiger partial charge in [0.25, 0.3) is 5.91 Å². The molecule has 6 nitrogen and oxygen atoms in total. The molecule has 0 heterocycles. The van der Waals surface area contributed by atoms with Crippen LogP contribution < -0.4 is 10.1 Å². The minimum Gasteiger partial charge on any atom is -0.490 e. The molecule has 1 amide bonds. The molecule has 0 saturated heterocycles. The monoisotopic (exact) mass is 405 g/mol. The van der Waals surface area contributed by atoms with E-state index >= 15 is 0 Å². The Morgan fingerprint density at radius 3 is 2.52 bits per heavy atom. The van der Waals surface area contributed by atoms with Gasteiger partial charge in [-0.3, -0.25) is 4.79 Å². The Kier molecular flexibility index (Phi) is 8.50. The van der Waals surface area contributed by atoms with Crippen molar-refractivity contribution >= 4 is 17.6 Å². The molecule has 0 unspecified atom stereocenters. The van der Waals surface area contributed by atoms with Crippen molar-refractivity contribution in [1.82, 2.24) is 0 Å². The molecule has 0 spiro atoms.